The zero-order chi connectivity index (χ0) is 21.0. The van der Waals surface area contributed by atoms with E-state index in [0.29, 0.717) is 0 Å². The van der Waals surface area contributed by atoms with Crippen LogP contribution in [0.3, 0.4) is 0 Å². The average molecular weight is 439 g/mol. The standard InChI is InChI=1S/C17H26O9S2/c1-17(2)24-14(12-23-27(3,18)19)16(25-17)15(26-28(4,20)21)11-22-10-13-8-6-5-7-9-13/h5-9,14-16H,10-12H2,1-4H3. The minimum Gasteiger partial charge on any atom is -0.374 e. The molecule has 28 heavy (non-hydrogen) atoms. The topological polar surface area (TPSA) is 114 Å². The Labute approximate surface area is 166 Å². The van der Waals surface area contributed by atoms with Gasteiger partial charge in [0.15, 0.2) is 5.79 Å². The van der Waals surface area contributed by atoms with Gasteiger partial charge < -0.3 is 14.2 Å². The smallest absolute Gasteiger partial charge is 0.264 e. The van der Waals surface area contributed by atoms with Crippen LogP contribution in [0.5, 0.6) is 0 Å². The van der Waals surface area contributed by atoms with Gasteiger partial charge in [0.1, 0.15) is 18.3 Å². The van der Waals surface area contributed by atoms with Gasteiger partial charge in [-0.05, 0) is 19.4 Å². The molecule has 9 nitrogen and oxygen atoms in total. The Hall–Kier alpha value is -1.08. The van der Waals surface area contributed by atoms with Gasteiger partial charge in [0, 0.05) is 0 Å². The molecule has 0 amide bonds. The van der Waals surface area contributed by atoms with Crippen LogP contribution in [0.1, 0.15) is 19.4 Å². The third kappa shape index (κ3) is 8.11. The van der Waals surface area contributed by atoms with Crippen molar-refractivity contribution in [2.75, 3.05) is 25.7 Å². The Kier molecular flexibility index (Phi) is 7.59. The van der Waals surface area contributed by atoms with Gasteiger partial charge in [0.2, 0.25) is 0 Å². The fraction of sp³-hybridized carbons (Fsp3) is 0.647. The monoisotopic (exact) mass is 438 g/mol. The maximum absolute atomic E-state index is 11.7. The summed E-state index contributed by atoms with van der Waals surface area (Å²) in [6.07, 6.45) is -0.996. The second kappa shape index (κ2) is 9.16. The Morgan fingerprint density at radius 1 is 1.04 bits per heavy atom. The van der Waals surface area contributed by atoms with Crippen LogP contribution < -0.4 is 0 Å². The number of benzene rings is 1. The molecule has 1 aliphatic heterocycles. The first-order valence-electron chi connectivity index (χ1n) is 8.55. The van der Waals surface area contributed by atoms with Crippen molar-refractivity contribution in [3.05, 3.63) is 35.9 Å². The summed E-state index contributed by atoms with van der Waals surface area (Å²) >= 11 is 0. The van der Waals surface area contributed by atoms with E-state index >= 15 is 0 Å². The van der Waals surface area contributed by atoms with Crippen molar-refractivity contribution in [1.29, 1.82) is 0 Å². The Morgan fingerprint density at radius 3 is 2.25 bits per heavy atom. The zero-order valence-corrected chi connectivity index (χ0v) is 17.9. The van der Waals surface area contributed by atoms with E-state index < -0.39 is 44.3 Å². The lowest BCUT2D eigenvalue weighted by Gasteiger charge is -2.25. The van der Waals surface area contributed by atoms with E-state index in [0.717, 1.165) is 18.1 Å². The molecule has 11 heteroatoms. The second-order valence-electron chi connectivity index (χ2n) is 6.97. The normalized spacial score (nSPS) is 23.6. The highest BCUT2D eigenvalue weighted by molar-refractivity contribution is 7.86. The predicted octanol–water partition coefficient (Wildman–Crippen LogP) is 1.04. The van der Waals surface area contributed by atoms with Crippen LogP contribution in [-0.2, 0) is 49.4 Å². The molecule has 1 saturated heterocycles. The van der Waals surface area contributed by atoms with Crippen LogP contribution in [0.4, 0.5) is 0 Å². The minimum absolute atomic E-state index is 0.110. The fourth-order valence-electron chi connectivity index (χ4n) is 2.77. The van der Waals surface area contributed by atoms with Crippen molar-refractivity contribution in [2.45, 2.75) is 44.6 Å². The van der Waals surface area contributed by atoms with Gasteiger partial charge in [-0.1, -0.05) is 30.3 Å². The lowest BCUT2D eigenvalue weighted by molar-refractivity contribution is -0.157. The van der Waals surface area contributed by atoms with Crippen LogP contribution in [0.25, 0.3) is 0 Å². The van der Waals surface area contributed by atoms with Gasteiger partial charge in [0.05, 0.1) is 32.3 Å². The molecular weight excluding hydrogens is 412 g/mol. The van der Waals surface area contributed by atoms with Gasteiger partial charge >= 0.3 is 0 Å². The molecule has 0 aliphatic carbocycles. The molecule has 1 heterocycles. The van der Waals surface area contributed by atoms with E-state index in [2.05, 4.69) is 0 Å². The van der Waals surface area contributed by atoms with Crippen molar-refractivity contribution in [2.24, 2.45) is 0 Å². The lowest BCUT2D eigenvalue weighted by Crippen LogP contribution is -2.43. The van der Waals surface area contributed by atoms with Crippen molar-refractivity contribution < 1.29 is 39.4 Å². The average Bonchev–Trinajstić information content (AvgIpc) is 2.86. The molecule has 1 fully saturated rings. The zero-order valence-electron chi connectivity index (χ0n) is 16.2. The molecule has 0 bridgehead atoms. The van der Waals surface area contributed by atoms with Crippen molar-refractivity contribution >= 4 is 20.2 Å². The molecule has 1 aromatic rings. The highest BCUT2D eigenvalue weighted by Crippen LogP contribution is 2.32. The van der Waals surface area contributed by atoms with E-state index in [4.69, 9.17) is 22.6 Å². The minimum atomic E-state index is -3.83. The molecule has 0 radical (unpaired) electrons. The second-order valence-corrected chi connectivity index (χ2v) is 10.2. The molecule has 160 valence electrons. The van der Waals surface area contributed by atoms with E-state index in [1.807, 2.05) is 30.3 Å². The summed E-state index contributed by atoms with van der Waals surface area (Å²) < 4.78 is 73.1. The van der Waals surface area contributed by atoms with Crippen LogP contribution in [0.15, 0.2) is 30.3 Å². The third-order valence-corrected chi connectivity index (χ3v) is 4.89. The summed E-state index contributed by atoms with van der Waals surface area (Å²) in [5.41, 5.74) is 0.904. The first-order chi connectivity index (χ1) is 12.8. The number of hydrogen-bond donors (Lipinski definition) is 0. The maximum Gasteiger partial charge on any atom is 0.264 e. The highest BCUT2D eigenvalue weighted by Gasteiger charge is 2.47. The largest absolute Gasteiger partial charge is 0.374 e. The van der Waals surface area contributed by atoms with Crippen LogP contribution in [0.2, 0.25) is 0 Å². The summed E-state index contributed by atoms with van der Waals surface area (Å²) in [4.78, 5) is 0. The molecule has 3 unspecified atom stereocenters. The Morgan fingerprint density at radius 2 is 1.68 bits per heavy atom. The molecule has 3 atom stereocenters. The van der Waals surface area contributed by atoms with Crippen LogP contribution in [-0.4, -0.2) is 66.7 Å². The molecule has 0 spiro atoms. The Bertz CT molecular complexity index is 835. The van der Waals surface area contributed by atoms with E-state index in [9.17, 15) is 16.8 Å². The van der Waals surface area contributed by atoms with Crippen molar-refractivity contribution in [1.82, 2.24) is 0 Å². The summed E-state index contributed by atoms with van der Waals surface area (Å²) in [6, 6.07) is 9.33. The predicted molar refractivity (Wildman–Crippen MR) is 100 cm³/mol. The van der Waals surface area contributed by atoms with Gasteiger partial charge in [0.25, 0.3) is 20.2 Å². The molecule has 0 aromatic heterocycles. The van der Waals surface area contributed by atoms with Crippen molar-refractivity contribution in [3.8, 4) is 0 Å². The van der Waals surface area contributed by atoms with Gasteiger partial charge in [-0.25, -0.2) is 0 Å². The quantitative estimate of drug-likeness (QED) is 0.494. The number of ether oxygens (including phenoxy) is 3. The maximum atomic E-state index is 11.7. The van der Waals surface area contributed by atoms with Gasteiger partial charge in [-0.15, -0.1) is 0 Å². The lowest BCUT2D eigenvalue weighted by atomic mass is 10.1. The summed E-state index contributed by atoms with van der Waals surface area (Å²) in [5, 5.41) is 0. The molecule has 1 aromatic carbocycles. The number of hydrogen-bond acceptors (Lipinski definition) is 9. The fourth-order valence-corrected chi connectivity index (χ4v) is 3.76. The molecule has 1 aliphatic rings. The van der Waals surface area contributed by atoms with Crippen LogP contribution in [0, 0.1) is 0 Å². The van der Waals surface area contributed by atoms with E-state index in [1.165, 1.54) is 0 Å². The van der Waals surface area contributed by atoms with Crippen LogP contribution >= 0.6 is 0 Å². The number of rotatable bonds is 10. The highest BCUT2D eigenvalue weighted by atomic mass is 32.2. The Balaban J connectivity index is 2.11. The molecular formula is C17H26O9S2. The third-order valence-electron chi connectivity index (χ3n) is 3.73. The first kappa shape index (κ1) is 23.2. The molecule has 0 saturated carbocycles. The van der Waals surface area contributed by atoms with Crippen molar-refractivity contribution in [3.63, 3.8) is 0 Å². The van der Waals surface area contributed by atoms with E-state index in [1.54, 1.807) is 13.8 Å². The van der Waals surface area contributed by atoms with E-state index in [-0.39, 0.29) is 19.8 Å². The van der Waals surface area contributed by atoms with Gasteiger partial charge in [-0.3, -0.25) is 8.37 Å². The summed E-state index contributed by atoms with van der Waals surface area (Å²) in [7, 11) is -7.55. The SMILES string of the molecule is CC1(C)OC(COS(C)(=O)=O)C(C(COCc2ccccc2)OS(C)(=O)=O)O1. The molecule has 2 rings (SSSR count). The summed E-state index contributed by atoms with van der Waals surface area (Å²) in [6.45, 7) is 3.05. The molecule has 0 N–H and O–H groups in total. The first-order valence-corrected chi connectivity index (χ1v) is 12.2. The van der Waals surface area contributed by atoms with Gasteiger partial charge in [-0.2, -0.15) is 16.8 Å². The summed E-state index contributed by atoms with van der Waals surface area (Å²) in [5.74, 6) is -1.07.